The highest BCUT2D eigenvalue weighted by Gasteiger charge is 2.32. The first kappa shape index (κ1) is 21.6. The summed E-state index contributed by atoms with van der Waals surface area (Å²) < 4.78 is 38.8. The fourth-order valence-electron chi connectivity index (χ4n) is 2.41. The van der Waals surface area contributed by atoms with Crippen LogP contribution in [0.1, 0.15) is 11.1 Å². The molecule has 2 rings (SSSR count). The Morgan fingerprint density at radius 1 is 1.14 bits per heavy atom. The molecule has 2 aromatic carbocycles. The van der Waals surface area contributed by atoms with Crippen LogP contribution in [0.15, 0.2) is 42.5 Å². The van der Waals surface area contributed by atoms with Gasteiger partial charge in [-0.15, -0.1) is 0 Å². The van der Waals surface area contributed by atoms with E-state index in [4.69, 9.17) is 11.6 Å². The molecule has 0 heterocycles. The summed E-state index contributed by atoms with van der Waals surface area (Å²) in [5, 5.41) is 5.61. The van der Waals surface area contributed by atoms with Gasteiger partial charge in [0.05, 0.1) is 29.4 Å². The number of likely N-dealkylation sites (N-methyl/N-ethyl adjacent to an activating group) is 1. The van der Waals surface area contributed by atoms with E-state index in [0.717, 1.165) is 11.0 Å². The highest BCUT2D eigenvalue weighted by atomic mass is 35.5. The van der Waals surface area contributed by atoms with Crippen molar-refractivity contribution in [1.29, 1.82) is 0 Å². The number of hydrogen-bond donors (Lipinski definition) is 2. The van der Waals surface area contributed by atoms with E-state index in [1.165, 1.54) is 26.1 Å². The van der Waals surface area contributed by atoms with E-state index in [0.29, 0.717) is 10.7 Å². The van der Waals surface area contributed by atoms with Crippen molar-refractivity contribution < 1.29 is 22.8 Å². The Labute approximate surface area is 165 Å². The van der Waals surface area contributed by atoms with Gasteiger partial charge in [-0.3, -0.25) is 9.59 Å². The van der Waals surface area contributed by atoms with E-state index < -0.39 is 23.6 Å². The molecule has 2 amide bonds. The van der Waals surface area contributed by atoms with Crippen LogP contribution in [0, 0.1) is 6.92 Å². The van der Waals surface area contributed by atoms with Crippen molar-refractivity contribution in [2.75, 3.05) is 30.8 Å². The van der Waals surface area contributed by atoms with Crippen LogP contribution in [0.3, 0.4) is 0 Å². The topological polar surface area (TPSA) is 61.4 Å². The second-order valence-corrected chi connectivity index (χ2v) is 6.57. The molecule has 0 spiro atoms. The summed E-state index contributed by atoms with van der Waals surface area (Å²) in [6.07, 6.45) is -4.47. The molecule has 2 aromatic rings. The molecule has 0 aliphatic rings. The fourth-order valence-corrected chi connectivity index (χ4v) is 2.59. The van der Waals surface area contributed by atoms with Gasteiger partial charge in [0.25, 0.3) is 0 Å². The lowest BCUT2D eigenvalue weighted by Crippen LogP contribution is -2.38. The first-order valence-electron chi connectivity index (χ1n) is 8.28. The number of anilines is 2. The van der Waals surface area contributed by atoms with Gasteiger partial charge in [0.15, 0.2) is 0 Å². The maximum absolute atomic E-state index is 12.9. The molecule has 0 bridgehead atoms. The van der Waals surface area contributed by atoms with Crippen LogP contribution in [0.25, 0.3) is 0 Å². The Morgan fingerprint density at radius 2 is 1.82 bits per heavy atom. The summed E-state index contributed by atoms with van der Waals surface area (Å²) in [5.74, 6) is -0.901. The number of carbonyl (C=O) groups is 2. The third-order valence-electron chi connectivity index (χ3n) is 3.94. The first-order valence-corrected chi connectivity index (χ1v) is 8.66. The molecule has 0 aliphatic heterocycles. The average molecular weight is 414 g/mol. The van der Waals surface area contributed by atoms with Crippen molar-refractivity contribution in [3.8, 4) is 0 Å². The lowest BCUT2D eigenvalue weighted by Gasteiger charge is -2.18. The van der Waals surface area contributed by atoms with Crippen molar-refractivity contribution in [3.63, 3.8) is 0 Å². The zero-order valence-corrected chi connectivity index (χ0v) is 16.0. The molecular formula is C19H19ClF3N3O2. The van der Waals surface area contributed by atoms with E-state index in [9.17, 15) is 22.8 Å². The third kappa shape index (κ3) is 5.88. The molecule has 0 saturated carbocycles. The van der Waals surface area contributed by atoms with Crippen molar-refractivity contribution in [3.05, 3.63) is 58.6 Å². The van der Waals surface area contributed by atoms with Crippen LogP contribution in [0.2, 0.25) is 5.02 Å². The number of amides is 2. The van der Waals surface area contributed by atoms with E-state index >= 15 is 0 Å². The van der Waals surface area contributed by atoms with E-state index in [1.54, 1.807) is 24.3 Å². The van der Waals surface area contributed by atoms with Crippen LogP contribution in [0.5, 0.6) is 0 Å². The normalized spacial score (nSPS) is 11.1. The summed E-state index contributed by atoms with van der Waals surface area (Å²) in [6, 6.07) is 10.4. The minimum atomic E-state index is -4.47. The maximum atomic E-state index is 12.9. The van der Waals surface area contributed by atoms with E-state index in [-0.39, 0.29) is 24.3 Å². The Morgan fingerprint density at radius 3 is 2.46 bits per heavy atom. The molecule has 2 N–H and O–H groups in total. The average Bonchev–Trinajstić information content (AvgIpc) is 2.61. The van der Waals surface area contributed by atoms with Crippen molar-refractivity contribution >= 4 is 34.8 Å². The van der Waals surface area contributed by atoms with Gasteiger partial charge in [-0.2, -0.15) is 13.2 Å². The van der Waals surface area contributed by atoms with Crippen molar-refractivity contribution in [2.45, 2.75) is 13.1 Å². The lowest BCUT2D eigenvalue weighted by molar-refractivity contribution is -0.138. The number of aryl methyl sites for hydroxylation is 1. The number of nitrogens with zero attached hydrogens (tertiary/aromatic N) is 1. The Bertz CT molecular complexity index is 872. The number of alkyl halides is 3. The monoisotopic (exact) mass is 413 g/mol. The van der Waals surface area contributed by atoms with Crippen molar-refractivity contribution in [2.24, 2.45) is 0 Å². The van der Waals surface area contributed by atoms with E-state index in [1.807, 2.05) is 0 Å². The lowest BCUT2D eigenvalue weighted by atomic mass is 10.1. The second-order valence-electron chi connectivity index (χ2n) is 6.16. The number of benzene rings is 2. The van der Waals surface area contributed by atoms with Crippen LogP contribution >= 0.6 is 11.6 Å². The molecule has 5 nitrogen and oxygen atoms in total. The number of hydrogen-bond acceptors (Lipinski definition) is 3. The number of rotatable bonds is 6. The zero-order chi connectivity index (χ0) is 20.9. The first-order chi connectivity index (χ1) is 13.1. The molecule has 0 aromatic heterocycles. The van der Waals surface area contributed by atoms with Gasteiger partial charge in [-0.1, -0.05) is 29.8 Å². The zero-order valence-electron chi connectivity index (χ0n) is 15.2. The van der Waals surface area contributed by atoms with Crippen LogP contribution in [-0.4, -0.2) is 36.9 Å². The highest BCUT2D eigenvalue weighted by molar-refractivity contribution is 6.33. The highest BCUT2D eigenvalue weighted by Crippen LogP contribution is 2.33. The SMILES string of the molecule is Cc1ccc(NCC(=O)N(C)CC(=O)Nc2ccccc2Cl)cc1C(F)(F)F. The molecule has 0 unspecified atom stereocenters. The van der Waals surface area contributed by atoms with Crippen LogP contribution in [0.4, 0.5) is 24.5 Å². The predicted octanol–water partition coefficient (Wildman–Crippen LogP) is 4.18. The van der Waals surface area contributed by atoms with Gasteiger partial charge >= 0.3 is 6.18 Å². The molecule has 150 valence electrons. The number of carbonyl (C=O) groups excluding carboxylic acids is 2. The van der Waals surface area contributed by atoms with Gasteiger partial charge in [0, 0.05) is 12.7 Å². The summed E-state index contributed by atoms with van der Waals surface area (Å²) in [6.45, 7) is 0.882. The second kappa shape index (κ2) is 8.97. The Kier molecular flexibility index (Phi) is 6.90. The maximum Gasteiger partial charge on any atom is 0.416 e. The minimum Gasteiger partial charge on any atom is -0.376 e. The van der Waals surface area contributed by atoms with E-state index in [2.05, 4.69) is 10.6 Å². The Balaban J connectivity index is 1.91. The molecule has 0 radical (unpaired) electrons. The van der Waals surface area contributed by atoms with Gasteiger partial charge < -0.3 is 15.5 Å². The van der Waals surface area contributed by atoms with Crippen LogP contribution in [-0.2, 0) is 15.8 Å². The molecule has 0 aliphatic carbocycles. The summed E-state index contributed by atoms with van der Waals surface area (Å²) in [4.78, 5) is 25.4. The summed E-state index contributed by atoms with van der Waals surface area (Å²) in [7, 11) is 1.42. The third-order valence-corrected chi connectivity index (χ3v) is 4.27. The van der Waals surface area contributed by atoms with Crippen molar-refractivity contribution in [1.82, 2.24) is 4.90 Å². The largest absolute Gasteiger partial charge is 0.416 e. The van der Waals surface area contributed by atoms with Gasteiger partial charge in [0.2, 0.25) is 11.8 Å². The molecule has 0 saturated heterocycles. The van der Waals surface area contributed by atoms with Gasteiger partial charge in [0.1, 0.15) is 0 Å². The summed E-state index contributed by atoms with van der Waals surface area (Å²) >= 11 is 5.96. The number of halogens is 4. The molecular weight excluding hydrogens is 395 g/mol. The standard InChI is InChI=1S/C19H19ClF3N3O2/c1-12-7-8-13(9-14(12)19(21,22)23)24-10-18(28)26(2)11-17(27)25-16-6-4-3-5-15(16)20/h3-9,24H,10-11H2,1-2H3,(H,25,27). The van der Waals surface area contributed by atoms with Gasteiger partial charge in [-0.25, -0.2) is 0 Å². The molecule has 0 fully saturated rings. The number of nitrogens with one attached hydrogen (secondary N) is 2. The quantitative estimate of drug-likeness (QED) is 0.747. The molecule has 9 heteroatoms. The fraction of sp³-hybridized carbons (Fsp3) is 0.263. The summed E-state index contributed by atoms with van der Waals surface area (Å²) in [5.41, 5.74) is -0.0807. The number of para-hydroxylation sites is 1. The molecule has 28 heavy (non-hydrogen) atoms. The molecule has 0 atom stereocenters. The minimum absolute atomic E-state index is 0.0951. The van der Waals surface area contributed by atoms with Crippen LogP contribution < -0.4 is 10.6 Å². The Hall–Kier alpha value is -2.74. The smallest absolute Gasteiger partial charge is 0.376 e. The predicted molar refractivity (Wildman–Crippen MR) is 102 cm³/mol. The van der Waals surface area contributed by atoms with Gasteiger partial charge in [-0.05, 0) is 36.8 Å².